The molecule has 8 nitrogen and oxygen atoms in total. The van der Waals surface area contributed by atoms with Crippen LogP contribution >= 0.6 is 0 Å². The highest BCUT2D eigenvalue weighted by Crippen LogP contribution is 2.12. The van der Waals surface area contributed by atoms with Gasteiger partial charge in [-0.3, -0.25) is 14.6 Å². The quantitative estimate of drug-likeness (QED) is 0.469. The predicted octanol–water partition coefficient (Wildman–Crippen LogP) is 0.775. The number of aliphatic imine (C=N–C) groups is 1. The summed E-state index contributed by atoms with van der Waals surface area (Å²) in [5.74, 6) is 1.09. The summed E-state index contributed by atoms with van der Waals surface area (Å²) in [6, 6.07) is 3.40. The van der Waals surface area contributed by atoms with E-state index in [2.05, 4.69) is 20.5 Å². The van der Waals surface area contributed by atoms with Crippen molar-refractivity contribution in [1.82, 2.24) is 20.4 Å². The van der Waals surface area contributed by atoms with E-state index < -0.39 is 5.41 Å². The lowest BCUT2D eigenvalue weighted by atomic mass is 9.96. The van der Waals surface area contributed by atoms with E-state index in [1.807, 2.05) is 20.8 Å². The summed E-state index contributed by atoms with van der Waals surface area (Å²) in [6.45, 7) is 9.41. The minimum absolute atomic E-state index is 0.0272. The minimum Gasteiger partial charge on any atom is -0.459 e. The first-order chi connectivity index (χ1) is 12.3. The van der Waals surface area contributed by atoms with Gasteiger partial charge in [0.05, 0.1) is 6.26 Å². The highest BCUT2D eigenvalue weighted by Gasteiger charge is 2.25. The number of piperazine rings is 1. The summed E-state index contributed by atoms with van der Waals surface area (Å²) in [5.41, 5.74) is -0.390. The monoisotopic (exact) mass is 363 g/mol. The maximum absolute atomic E-state index is 12.3. The minimum atomic E-state index is -0.390. The first kappa shape index (κ1) is 19.8. The molecule has 1 aliphatic rings. The Bertz CT molecular complexity index is 626. The smallest absolute Gasteiger partial charge is 0.289 e. The molecule has 1 aromatic heterocycles. The molecule has 1 saturated heterocycles. The number of hydrogen-bond donors (Lipinski definition) is 2. The Balaban J connectivity index is 1.74. The van der Waals surface area contributed by atoms with Crippen LogP contribution in [0.3, 0.4) is 0 Å². The van der Waals surface area contributed by atoms with Gasteiger partial charge in [-0.05, 0) is 12.1 Å². The van der Waals surface area contributed by atoms with Crippen LogP contribution in [0.2, 0.25) is 0 Å². The molecule has 0 radical (unpaired) electrons. The van der Waals surface area contributed by atoms with Gasteiger partial charge in [0.2, 0.25) is 5.91 Å². The molecule has 0 atom stereocenters. The lowest BCUT2D eigenvalue weighted by Gasteiger charge is -2.36. The SMILES string of the molecule is CN=C(NCCNC(=O)C(C)(C)C)N1CCN(C(=O)c2ccco2)CC1. The molecule has 144 valence electrons. The molecule has 8 heteroatoms. The molecule has 2 heterocycles. The Morgan fingerprint density at radius 3 is 2.27 bits per heavy atom. The van der Waals surface area contributed by atoms with Gasteiger partial charge in [0.25, 0.3) is 5.91 Å². The molecule has 2 rings (SSSR count). The van der Waals surface area contributed by atoms with Gasteiger partial charge < -0.3 is 24.9 Å². The number of carbonyl (C=O) groups excluding carboxylic acids is 2. The lowest BCUT2D eigenvalue weighted by Crippen LogP contribution is -2.54. The van der Waals surface area contributed by atoms with E-state index >= 15 is 0 Å². The van der Waals surface area contributed by atoms with E-state index in [1.54, 1.807) is 24.1 Å². The number of guanidine groups is 1. The van der Waals surface area contributed by atoms with Crippen molar-refractivity contribution in [3.63, 3.8) is 0 Å². The Morgan fingerprint density at radius 2 is 1.73 bits per heavy atom. The third-order valence-corrected chi connectivity index (χ3v) is 4.19. The van der Waals surface area contributed by atoms with Gasteiger partial charge >= 0.3 is 0 Å². The zero-order chi connectivity index (χ0) is 19.2. The predicted molar refractivity (Wildman–Crippen MR) is 100 cm³/mol. The van der Waals surface area contributed by atoms with E-state index in [-0.39, 0.29) is 11.8 Å². The number of rotatable bonds is 4. The Hall–Kier alpha value is -2.51. The molecule has 1 aromatic rings. The normalized spacial score (nSPS) is 15.8. The summed E-state index contributed by atoms with van der Waals surface area (Å²) >= 11 is 0. The van der Waals surface area contributed by atoms with Crippen LogP contribution < -0.4 is 10.6 Å². The molecule has 26 heavy (non-hydrogen) atoms. The van der Waals surface area contributed by atoms with Crippen LogP contribution in [0.25, 0.3) is 0 Å². The molecule has 2 amide bonds. The van der Waals surface area contributed by atoms with Crippen LogP contribution in [0.5, 0.6) is 0 Å². The Kier molecular flexibility index (Phi) is 6.65. The molecule has 0 saturated carbocycles. The van der Waals surface area contributed by atoms with Gasteiger partial charge in [-0.15, -0.1) is 0 Å². The van der Waals surface area contributed by atoms with Crippen molar-refractivity contribution >= 4 is 17.8 Å². The van der Waals surface area contributed by atoms with Gasteiger partial charge in [0.1, 0.15) is 0 Å². The molecule has 2 N–H and O–H groups in total. The highest BCUT2D eigenvalue weighted by molar-refractivity contribution is 5.91. The van der Waals surface area contributed by atoms with E-state index in [1.165, 1.54) is 6.26 Å². The number of hydrogen-bond acceptors (Lipinski definition) is 4. The summed E-state index contributed by atoms with van der Waals surface area (Å²) in [7, 11) is 1.73. The zero-order valence-electron chi connectivity index (χ0n) is 16.0. The summed E-state index contributed by atoms with van der Waals surface area (Å²) in [6.07, 6.45) is 1.51. The third kappa shape index (κ3) is 5.24. The fraction of sp³-hybridized carbons (Fsp3) is 0.611. The highest BCUT2D eigenvalue weighted by atomic mass is 16.3. The first-order valence-electron chi connectivity index (χ1n) is 8.89. The molecule has 0 unspecified atom stereocenters. The van der Waals surface area contributed by atoms with Gasteiger partial charge in [-0.1, -0.05) is 20.8 Å². The average Bonchev–Trinajstić information content (AvgIpc) is 3.15. The zero-order valence-corrected chi connectivity index (χ0v) is 16.0. The van der Waals surface area contributed by atoms with E-state index in [9.17, 15) is 9.59 Å². The van der Waals surface area contributed by atoms with Gasteiger partial charge in [0, 0.05) is 51.7 Å². The van der Waals surface area contributed by atoms with Crippen LogP contribution in [0.4, 0.5) is 0 Å². The fourth-order valence-electron chi connectivity index (χ4n) is 2.63. The number of furan rings is 1. The molecule has 1 fully saturated rings. The van der Waals surface area contributed by atoms with Crippen LogP contribution in [0.15, 0.2) is 27.8 Å². The lowest BCUT2D eigenvalue weighted by molar-refractivity contribution is -0.128. The number of nitrogens with zero attached hydrogens (tertiary/aromatic N) is 3. The summed E-state index contributed by atoms with van der Waals surface area (Å²) in [4.78, 5) is 32.3. The van der Waals surface area contributed by atoms with Gasteiger partial charge in [0.15, 0.2) is 11.7 Å². The molecule has 0 aliphatic carbocycles. The first-order valence-corrected chi connectivity index (χ1v) is 8.89. The Labute approximate surface area is 154 Å². The second kappa shape index (κ2) is 8.73. The molecule has 0 bridgehead atoms. The standard InChI is InChI=1S/C18H29N5O3/c1-18(2,3)16(25)20-7-8-21-17(19-4)23-11-9-22(10-12-23)15(24)14-6-5-13-26-14/h5-6,13H,7-12H2,1-4H3,(H,19,21)(H,20,25). The number of carbonyl (C=O) groups is 2. The van der Waals surface area contributed by atoms with Crippen molar-refractivity contribution in [2.75, 3.05) is 46.3 Å². The Morgan fingerprint density at radius 1 is 1.12 bits per heavy atom. The summed E-state index contributed by atoms with van der Waals surface area (Å²) in [5, 5.41) is 6.16. The largest absolute Gasteiger partial charge is 0.459 e. The molecule has 1 aliphatic heterocycles. The maximum Gasteiger partial charge on any atom is 0.289 e. The van der Waals surface area contributed by atoms with Crippen LogP contribution in [0, 0.1) is 5.41 Å². The fourth-order valence-corrected chi connectivity index (χ4v) is 2.63. The van der Waals surface area contributed by atoms with Gasteiger partial charge in [-0.25, -0.2) is 0 Å². The van der Waals surface area contributed by atoms with Crippen LogP contribution in [0.1, 0.15) is 31.3 Å². The van der Waals surface area contributed by atoms with E-state index in [0.29, 0.717) is 45.0 Å². The molecular weight excluding hydrogens is 334 g/mol. The summed E-state index contributed by atoms with van der Waals surface area (Å²) < 4.78 is 5.18. The van der Waals surface area contributed by atoms with Crippen molar-refractivity contribution in [3.8, 4) is 0 Å². The topological polar surface area (TPSA) is 90.2 Å². The maximum atomic E-state index is 12.3. The molecular formula is C18H29N5O3. The number of nitrogens with one attached hydrogen (secondary N) is 2. The second-order valence-electron chi connectivity index (χ2n) is 7.24. The number of amides is 2. The van der Waals surface area contributed by atoms with Crippen LogP contribution in [-0.2, 0) is 4.79 Å². The van der Waals surface area contributed by atoms with Crippen LogP contribution in [-0.4, -0.2) is 73.9 Å². The molecule has 0 spiro atoms. The van der Waals surface area contributed by atoms with Crippen molar-refractivity contribution in [1.29, 1.82) is 0 Å². The average molecular weight is 363 g/mol. The molecule has 0 aromatic carbocycles. The second-order valence-corrected chi connectivity index (χ2v) is 7.24. The van der Waals surface area contributed by atoms with Gasteiger partial charge in [-0.2, -0.15) is 0 Å². The van der Waals surface area contributed by atoms with E-state index in [4.69, 9.17) is 4.42 Å². The van der Waals surface area contributed by atoms with Crippen molar-refractivity contribution in [3.05, 3.63) is 24.2 Å². The van der Waals surface area contributed by atoms with E-state index in [0.717, 1.165) is 5.96 Å². The van der Waals surface area contributed by atoms with Crippen molar-refractivity contribution < 1.29 is 14.0 Å². The van der Waals surface area contributed by atoms with Crippen molar-refractivity contribution in [2.24, 2.45) is 10.4 Å². The third-order valence-electron chi connectivity index (χ3n) is 4.19. The van der Waals surface area contributed by atoms with Crippen molar-refractivity contribution in [2.45, 2.75) is 20.8 Å².